The number of aromatic nitrogens is 2. The number of nitrogens with one attached hydrogen (secondary N) is 1. The minimum atomic E-state index is -2.36. The van der Waals surface area contributed by atoms with Crippen molar-refractivity contribution < 1.29 is 13.5 Å². The van der Waals surface area contributed by atoms with E-state index in [1.807, 2.05) is 43.6 Å². The normalized spacial score (nSPS) is 13.1. The lowest BCUT2D eigenvalue weighted by molar-refractivity contribution is 0.137. The minimum Gasteiger partial charge on any atom is -0.492 e. The zero-order chi connectivity index (χ0) is 19.8. The number of nitrogens with zero attached hydrogens (tertiary/aromatic N) is 2. The third kappa shape index (κ3) is 3.29. The van der Waals surface area contributed by atoms with Crippen LogP contribution < -0.4 is 10.1 Å². The summed E-state index contributed by atoms with van der Waals surface area (Å²) in [6.07, 6.45) is 1.35. The number of ether oxygens (including phenoxy) is 1. The Balaban J connectivity index is 1.72. The Morgan fingerprint density at radius 1 is 1.14 bits per heavy atom. The molecule has 0 unspecified atom stereocenters. The molecule has 1 atom stereocenters. The van der Waals surface area contributed by atoms with Crippen LogP contribution in [-0.2, 0) is 7.05 Å². The highest BCUT2D eigenvalue weighted by atomic mass is 19.3. The monoisotopic (exact) mass is 383 g/mol. The standard InChI is InChI=1S/C22H23F2N3O/c1-13(26-11-21(23)24)12-28-16-4-5-20-18(9-16)19-8-15-10-25-7-6-17(15)14(2)22(19)27(20)3/h4-10,13,21,26H,11-12H2,1-3H3/t13-/m0/s1. The molecule has 4 aromatic rings. The molecular formula is C22H23F2N3O. The van der Waals surface area contributed by atoms with Gasteiger partial charge >= 0.3 is 0 Å². The molecule has 2 aromatic heterocycles. The smallest absolute Gasteiger partial charge is 0.250 e. The summed E-state index contributed by atoms with van der Waals surface area (Å²) in [5.74, 6) is 0.731. The molecule has 2 heterocycles. The first-order valence-electron chi connectivity index (χ1n) is 9.35. The maximum absolute atomic E-state index is 12.3. The van der Waals surface area contributed by atoms with Gasteiger partial charge in [-0.1, -0.05) is 0 Å². The van der Waals surface area contributed by atoms with Gasteiger partial charge in [0.15, 0.2) is 0 Å². The topological polar surface area (TPSA) is 39.1 Å². The number of hydrogen-bond donors (Lipinski definition) is 1. The first kappa shape index (κ1) is 18.6. The highest BCUT2D eigenvalue weighted by molar-refractivity contribution is 6.14. The van der Waals surface area contributed by atoms with Crippen LogP contribution in [0.3, 0.4) is 0 Å². The van der Waals surface area contributed by atoms with Gasteiger partial charge in [0.1, 0.15) is 12.4 Å². The van der Waals surface area contributed by atoms with Crippen LogP contribution in [0.5, 0.6) is 5.75 Å². The lowest BCUT2D eigenvalue weighted by Crippen LogP contribution is -2.35. The number of aryl methyl sites for hydroxylation is 2. The fraction of sp³-hybridized carbons (Fsp3) is 0.318. The maximum Gasteiger partial charge on any atom is 0.250 e. The van der Waals surface area contributed by atoms with Crippen LogP contribution in [-0.4, -0.2) is 35.2 Å². The summed E-state index contributed by atoms with van der Waals surface area (Å²) in [5, 5.41) is 7.34. The fourth-order valence-corrected chi connectivity index (χ4v) is 3.86. The van der Waals surface area contributed by atoms with Crippen molar-refractivity contribution in [1.82, 2.24) is 14.9 Å². The Hall–Kier alpha value is -2.73. The Morgan fingerprint density at radius 2 is 1.96 bits per heavy atom. The van der Waals surface area contributed by atoms with E-state index in [0.717, 1.165) is 27.4 Å². The van der Waals surface area contributed by atoms with Gasteiger partial charge in [0.25, 0.3) is 6.43 Å². The maximum atomic E-state index is 12.3. The van der Waals surface area contributed by atoms with E-state index in [9.17, 15) is 8.78 Å². The summed E-state index contributed by atoms with van der Waals surface area (Å²) in [5.41, 5.74) is 3.54. The molecule has 0 aliphatic carbocycles. The Bertz CT molecular complexity index is 1150. The molecule has 0 bridgehead atoms. The lowest BCUT2D eigenvalue weighted by atomic mass is 10.0. The van der Waals surface area contributed by atoms with E-state index in [1.165, 1.54) is 16.5 Å². The summed E-state index contributed by atoms with van der Waals surface area (Å²) < 4.78 is 32.7. The van der Waals surface area contributed by atoms with Crippen molar-refractivity contribution in [3.8, 4) is 5.75 Å². The summed E-state index contributed by atoms with van der Waals surface area (Å²) in [7, 11) is 2.07. The van der Waals surface area contributed by atoms with E-state index in [0.29, 0.717) is 6.61 Å². The highest BCUT2D eigenvalue weighted by Gasteiger charge is 2.14. The van der Waals surface area contributed by atoms with Gasteiger partial charge in [0.2, 0.25) is 0 Å². The summed E-state index contributed by atoms with van der Waals surface area (Å²) in [6.45, 7) is 3.97. The van der Waals surface area contributed by atoms with Crippen molar-refractivity contribution in [2.24, 2.45) is 7.05 Å². The summed E-state index contributed by atoms with van der Waals surface area (Å²) in [6, 6.07) is 10.1. The van der Waals surface area contributed by atoms with Crippen LogP contribution in [0.2, 0.25) is 0 Å². The molecule has 0 aliphatic rings. The predicted octanol–water partition coefficient (Wildman–Crippen LogP) is 4.81. The third-order valence-electron chi connectivity index (χ3n) is 5.24. The summed E-state index contributed by atoms with van der Waals surface area (Å²) in [4.78, 5) is 4.25. The molecule has 4 nitrogen and oxygen atoms in total. The number of benzene rings is 2. The second-order valence-corrected chi connectivity index (χ2v) is 7.24. The summed E-state index contributed by atoms with van der Waals surface area (Å²) >= 11 is 0. The minimum absolute atomic E-state index is 0.158. The fourth-order valence-electron chi connectivity index (χ4n) is 3.86. The Labute approximate surface area is 162 Å². The van der Waals surface area contributed by atoms with Crippen molar-refractivity contribution in [2.75, 3.05) is 13.2 Å². The van der Waals surface area contributed by atoms with Crippen molar-refractivity contribution in [2.45, 2.75) is 26.3 Å². The molecule has 1 N–H and O–H groups in total. The largest absolute Gasteiger partial charge is 0.492 e. The Morgan fingerprint density at radius 3 is 2.75 bits per heavy atom. The average molecular weight is 383 g/mol. The van der Waals surface area contributed by atoms with Crippen LogP contribution in [0.1, 0.15) is 12.5 Å². The first-order chi connectivity index (χ1) is 13.5. The zero-order valence-corrected chi connectivity index (χ0v) is 16.2. The molecule has 2 aromatic carbocycles. The quantitative estimate of drug-likeness (QED) is 0.519. The van der Waals surface area contributed by atoms with Crippen molar-refractivity contribution in [3.63, 3.8) is 0 Å². The first-order valence-corrected chi connectivity index (χ1v) is 9.35. The van der Waals surface area contributed by atoms with E-state index >= 15 is 0 Å². The van der Waals surface area contributed by atoms with Gasteiger partial charge in [0, 0.05) is 47.2 Å². The van der Waals surface area contributed by atoms with Crippen LogP contribution in [0.25, 0.3) is 32.6 Å². The van der Waals surface area contributed by atoms with Crippen LogP contribution in [0.4, 0.5) is 8.78 Å². The number of hydrogen-bond acceptors (Lipinski definition) is 3. The molecule has 4 rings (SSSR count). The predicted molar refractivity (Wildman–Crippen MR) is 109 cm³/mol. The van der Waals surface area contributed by atoms with Crippen molar-refractivity contribution in [1.29, 1.82) is 0 Å². The number of fused-ring (bicyclic) bond motifs is 4. The van der Waals surface area contributed by atoms with Gasteiger partial charge in [-0.2, -0.15) is 0 Å². The third-order valence-corrected chi connectivity index (χ3v) is 5.24. The molecule has 6 heteroatoms. The average Bonchev–Trinajstić information content (AvgIpc) is 2.97. The molecule has 0 spiro atoms. The molecule has 28 heavy (non-hydrogen) atoms. The number of pyridine rings is 1. The molecule has 146 valence electrons. The van der Waals surface area contributed by atoms with E-state index in [1.54, 1.807) is 0 Å². The lowest BCUT2D eigenvalue weighted by Gasteiger charge is -2.14. The van der Waals surface area contributed by atoms with Crippen LogP contribution in [0.15, 0.2) is 42.7 Å². The number of rotatable bonds is 6. The van der Waals surface area contributed by atoms with Gasteiger partial charge in [-0.3, -0.25) is 4.98 Å². The van der Waals surface area contributed by atoms with Gasteiger partial charge in [-0.25, -0.2) is 8.78 Å². The molecule has 0 saturated heterocycles. The van der Waals surface area contributed by atoms with Gasteiger partial charge < -0.3 is 14.6 Å². The number of halogens is 2. The second-order valence-electron chi connectivity index (χ2n) is 7.24. The van der Waals surface area contributed by atoms with Gasteiger partial charge in [-0.15, -0.1) is 0 Å². The van der Waals surface area contributed by atoms with E-state index < -0.39 is 6.43 Å². The molecule has 0 amide bonds. The zero-order valence-electron chi connectivity index (χ0n) is 16.2. The molecule has 0 saturated carbocycles. The molecule has 0 fully saturated rings. The van der Waals surface area contributed by atoms with E-state index in [2.05, 4.69) is 34.9 Å². The molecular weight excluding hydrogens is 360 g/mol. The van der Waals surface area contributed by atoms with Gasteiger partial charge in [-0.05, 0) is 55.1 Å². The SMILES string of the molecule is Cc1c2ccncc2cc2c3cc(OC[C@H](C)NCC(F)F)ccc3n(C)c12. The van der Waals surface area contributed by atoms with Gasteiger partial charge in [0.05, 0.1) is 12.1 Å². The van der Waals surface area contributed by atoms with Crippen molar-refractivity contribution >= 4 is 32.6 Å². The van der Waals surface area contributed by atoms with E-state index in [4.69, 9.17) is 4.74 Å². The highest BCUT2D eigenvalue weighted by Crippen LogP contribution is 2.36. The number of alkyl halides is 2. The second kappa shape index (κ2) is 7.36. The van der Waals surface area contributed by atoms with Crippen LogP contribution >= 0.6 is 0 Å². The molecule has 0 radical (unpaired) electrons. The Kier molecular flexibility index (Phi) is 4.89. The van der Waals surface area contributed by atoms with E-state index in [-0.39, 0.29) is 12.6 Å². The molecule has 0 aliphatic heterocycles. The van der Waals surface area contributed by atoms with Crippen molar-refractivity contribution in [3.05, 3.63) is 48.3 Å². The van der Waals surface area contributed by atoms with Crippen LogP contribution in [0, 0.1) is 6.92 Å².